The van der Waals surface area contributed by atoms with Crippen LogP contribution in [-0.4, -0.2) is 38.3 Å². The molecule has 2 unspecified atom stereocenters. The number of rotatable bonds is 7. The van der Waals surface area contributed by atoms with E-state index in [1.165, 1.54) is 12.8 Å². The van der Waals surface area contributed by atoms with Crippen LogP contribution >= 0.6 is 0 Å². The van der Waals surface area contributed by atoms with Crippen LogP contribution in [0.4, 0.5) is 0 Å². The first kappa shape index (κ1) is 12.5. The molecule has 1 aliphatic rings. The SMILES string of the molecule is CCNC(=O)C(C)NC(COC)C1CC1. The smallest absolute Gasteiger partial charge is 0.236 e. The van der Waals surface area contributed by atoms with Gasteiger partial charge in [-0.2, -0.15) is 0 Å². The first-order valence-electron chi connectivity index (χ1n) is 5.71. The number of likely N-dealkylation sites (N-methyl/N-ethyl adjacent to an activating group) is 1. The fraction of sp³-hybridized carbons (Fsp3) is 0.909. The minimum Gasteiger partial charge on any atom is -0.383 e. The molecule has 1 fully saturated rings. The van der Waals surface area contributed by atoms with E-state index in [4.69, 9.17) is 4.74 Å². The molecule has 1 rings (SSSR count). The van der Waals surface area contributed by atoms with Gasteiger partial charge in [0.25, 0.3) is 0 Å². The van der Waals surface area contributed by atoms with Gasteiger partial charge in [0.1, 0.15) is 0 Å². The quantitative estimate of drug-likeness (QED) is 0.650. The summed E-state index contributed by atoms with van der Waals surface area (Å²) in [6.45, 7) is 5.20. The molecule has 2 N–H and O–H groups in total. The molecule has 0 saturated heterocycles. The maximum atomic E-state index is 11.5. The summed E-state index contributed by atoms with van der Waals surface area (Å²) in [6, 6.07) is 0.193. The Labute approximate surface area is 91.8 Å². The monoisotopic (exact) mass is 214 g/mol. The molecule has 4 heteroatoms. The predicted octanol–water partition coefficient (Wildman–Crippen LogP) is 0.526. The topological polar surface area (TPSA) is 50.4 Å². The summed E-state index contributed by atoms with van der Waals surface area (Å²) in [5.74, 6) is 0.765. The molecule has 1 saturated carbocycles. The Hall–Kier alpha value is -0.610. The van der Waals surface area contributed by atoms with E-state index in [9.17, 15) is 4.79 Å². The maximum Gasteiger partial charge on any atom is 0.236 e. The van der Waals surface area contributed by atoms with E-state index < -0.39 is 0 Å². The maximum absolute atomic E-state index is 11.5. The molecule has 2 atom stereocenters. The van der Waals surface area contributed by atoms with E-state index in [-0.39, 0.29) is 11.9 Å². The first-order valence-corrected chi connectivity index (χ1v) is 5.71. The number of methoxy groups -OCH3 is 1. The van der Waals surface area contributed by atoms with Gasteiger partial charge in [0.2, 0.25) is 5.91 Å². The fourth-order valence-electron chi connectivity index (χ4n) is 1.72. The third kappa shape index (κ3) is 4.18. The second kappa shape index (κ2) is 6.08. The molecule has 0 aromatic carbocycles. The molecule has 1 amide bonds. The van der Waals surface area contributed by atoms with Crippen LogP contribution in [0.3, 0.4) is 0 Å². The van der Waals surface area contributed by atoms with Gasteiger partial charge in [0.05, 0.1) is 12.6 Å². The highest BCUT2D eigenvalue weighted by atomic mass is 16.5. The average molecular weight is 214 g/mol. The predicted molar refractivity (Wildman–Crippen MR) is 59.7 cm³/mol. The minimum atomic E-state index is -0.134. The van der Waals surface area contributed by atoms with E-state index in [1.54, 1.807) is 7.11 Å². The van der Waals surface area contributed by atoms with Crippen LogP contribution in [0.25, 0.3) is 0 Å². The Kier molecular flexibility index (Phi) is 5.05. The molecule has 4 nitrogen and oxygen atoms in total. The molecule has 1 aliphatic carbocycles. The van der Waals surface area contributed by atoms with E-state index in [0.29, 0.717) is 25.1 Å². The Bertz CT molecular complexity index is 205. The van der Waals surface area contributed by atoms with Crippen molar-refractivity contribution >= 4 is 5.91 Å². The molecule has 0 aromatic heterocycles. The second-order valence-corrected chi connectivity index (χ2v) is 4.18. The normalized spacial score (nSPS) is 19.7. The molecule has 0 aromatic rings. The Morgan fingerprint density at radius 2 is 2.20 bits per heavy atom. The largest absolute Gasteiger partial charge is 0.383 e. The van der Waals surface area contributed by atoms with Crippen molar-refractivity contribution < 1.29 is 9.53 Å². The summed E-state index contributed by atoms with van der Waals surface area (Å²) in [6.07, 6.45) is 2.51. The summed E-state index contributed by atoms with van der Waals surface area (Å²) >= 11 is 0. The molecular formula is C11H22N2O2. The van der Waals surface area contributed by atoms with Crippen LogP contribution in [0.15, 0.2) is 0 Å². The van der Waals surface area contributed by atoms with Gasteiger partial charge in [-0.15, -0.1) is 0 Å². The van der Waals surface area contributed by atoms with Gasteiger partial charge in [0, 0.05) is 19.7 Å². The van der Waals surface area contributed by atoms with Gasteiger partial charge in [0.15, 0.2) is 0 Å². The fourth-order valence-corrected chi connectivity index (χ4v) is 1.72. The van der Waals surface area contributed by atoms with E-state index >= 15 is 0 Å². The van der Waals surface area contributed by atoms with Gasteiger partial charge in [-0.25, -0.2) is 0 Å². The van der Waals surface area contributed by atoms with Crippen molar-refractivity contribution in [2.24, 2.45) is 5.92 Å². The summed E-state index contributed by atoms with van der Waals surface area (Å²) in [5, 5.41) is 6.14. The molecular weight excluding hydrogens is 192 g/mol. The number of amides is 1. The lowest BCUT2D eigenvalue weighted by molar-refractivity contribution is -0.123. The van der Waals surface area contributed by atoms with Crippen molar-refractivity contribution in [2.45, 2.75) is 38.8 Å². The van der Waals surface area contributed by atoms with E-state index in [0.717, 1.165) is 0 Å². The molecule has 15 heavy (non-hydrogen) atoms. The number of hydrogen-bond donors (Lipinski definition) is 2. The number of ether oxygens (including phenoxy) is 1. The standard InChI is InChI=1S/C11H22N2O2/c1-4-12-11(14)8(2)13-10(7-15-3)9-5-6-9/h8-10,13H,4-7H2,1-3H3,(H,12,14). The van der Waals surface area contributed by atoms with Gasteiger partial charge in [-0.3, -0.25) is 4.79 Å². The number of hydrogen-bond acceptors (Lipinski definition) is 3. The van der Waals surface area contributed by atoms with E-state index in [2.05, 4.69) is 10.6 Å². The van der Waals surface area contributed by atoms with Crippen molar-refractivity contribution in [3.05, 3.63) is 0 Å². The highest BCUT2D eigenvalue weighted by Crippen LogP contribution is 2.32. The van der Waals surface area contributed by atoms with Crippen LogP contribution in [0.5, 0.6) is 0 Å². The van der Waals surface area contributed by atoms with Crippen molar-refractivity contribution in [3.8, 4) is 0 Å². The third-order valence-corrected chi connectivity index (χ3v) is 2.75. The summed E-state index contributed by atoms with van der Waals surface area (Å²) in [4.78, 5) is 11.5. The number of carbonyl (C=O) groups is 1. The van der Waals surface area contributed by atoms with Gasteiger partial charge in [-0.1, -0.05) is 0 Å². The van der Waals surface area contributed by atoms with Crippen LogP contribution < -0.4 is 10.6 Å². The lowest BCUT2D eigenvalue weighted by Gasteiger charge is -2.21. The van der Waals surface area contributed by atoms with Crippen LogP contribution in [0.2, 0.25) is 0 Å². The zero-order valence-electron chi connectivity index (χ0n) is 9.88. The Balaban J connectivity index is 2.32. The Morgan fingerprint density at radius 1 is 1.53 bits per heavy atom. The number of carbonyl (C=O) groups excluding carboxylic acids is 1. The van der Waals surface area contributed by atoms with Crippen LogP contribution in [-0.2, 0) is 9.53 Å². The first-order chi connectivity index (χ1) is 7.19. The summed E-state index contributed by atoms with van der Waals surface area (Å²) in [7, 11) is 1.70. The number of nitrogens with one attached hydrogen (secondary N) is 2. The van der Waals surface area contributed by atoms with Crippen molar-refractivity contribution in [1.29, 1.82) is 0 Å². The highest BCUT2D eigenvalue weighted by molar-refractivity contribution is 5.81. The molecule has 0 spiro atoms. The zero-order chi connectivity index (χ0) is 11.3. The molecule has 88 valence electrons. The lowest BCUT2D eigenvalue weighted by atomic mass is 10.1. The molecule has 0 bridgehead atoms. The van der Waals surface area contributed by atoms with Crippen molar-refractivity contribution in [3.63, 3.8) is 0 Å². The summed E-state index contributed by atoms with van der Waals surface area (Å²) in [5.41, 5.74) is 0. The van der Waals surface area contributed by atoms with Crippen LogP contribution in [0.1, 0.15) is 26.7 Å². The van der Waals surface area contributed by atoms with Gasteiger partial charge in [-0.05, 0) is 32.6 Å². The second-order valence-electron chi connectivity index (χ2n) is 4.18. The average Bonchev–Trinajstić information content (AvgIpc) is 3.00. The molecule has 0 radical (unpaired) electrons. The lowest BCUT2D eigenvalue weighted by Crippen LogP contribution is -2.48. The van der Waals surface area contributed by atoms with Crippen LogP contribution in [0, 0.1) is 5.92 Å². The Morgan fingerprint density at radius 3 is 2.67 bits per heavy atom. The van der Waals surface area contributed by atoms with E-state index in [1.807, 2.05) is 13.8 Å². The minimum absolute atomic E-state index is 0.0688. The van der Waals surface area contributed by atoms with Gasteiger partial charge < -0.3 is 15.4 Å². The molecule has 0 aliphatic heterocycles. The zero-order valence-corrected chi connectivity index (χ0v) is 9.88. The third-order valence-electron chi connectivity index (χ3n) is 2.75. The highest BCUT2D eigenvalue weighted by Gasteiger charge is 2.32. The van der Waals surface area contributed by atoms with Gasteiger partial charge >= 0.3 is 0 Å². The van der Waals surface area contributed by atoms with Crippen molar-refractivity contribution in [1.82, 2.24) is 10.6 Å². The molecule has 0 heterocycles. The summed E-state index contributed by atoms with van der Waals surface area (Å²) < 4.78 is 5.15. The van der Waals surface area contributed by atoms with Crippen molar-refractivity contribution in [2.75, 3.05) is 20.3 Å².